The minimum absolute atomic E-state index is 0.109. The van der Waals surface area contributed by atoms with Crippen molar-refractivity contribution < 1.29 is 19.1 Å². The molecule has 4 rings (SSSR count). The number of alkyl halides is 1. The molecule has 1 heterocycles. The second-order valence-electron chi connectivity index (χ2n) is 9.02. The van der Waals surface area contributed by atoms with E-state index in [0.29, 0.717) is 23.4 Å². The lowest BCUT2D eigenvalue weighted by Crippen LogP contribution is -2.48. The number of carbonyl (C=O) groups is 3. The second-order valence-corrected chi connectivity index (χ2v) is 11.0. The molecule has 0 aliphatic heterocycles. The van der Waals surface area contributed by atoms with Gasteiger partial charge in [-0.2, -0.15) is 0 Å². The van der Waals surface area contributed by atoms with Crippen LogP contribution in [-0.4, -0.2) is 29.6 Å². The number of fused-ring (bicyclic) bond motifs is 3. The first-order valence-electron chi connectivity index (χ1n) is 9.84. The number of hydrogen-bond acceptors (Lipinski definition) is 5. The number of hydrogen-bond donors (Lipinski definition) is 1. The van der Waals surface area contributed by atoms with Crippen LogP contribution >= 0.6 is 27.3 Å². The molecule has 0 saturated heterocycles. The number of halogens is 1. The topological polar surface area (TPSA) is 72.5 Å². The van der Waals surface area contributed by atoms with Gasteiger partial charge in [0.05, 0.1) is 22.9 Å². The average molecular weight is 468 g/mol. The van der Waals surface area contributed by atoms with Gasteiger partial charge < -0.3 is 10.1 Å². The van der Waals surface area contributed by atoms with E-state index < -0.39 is 27.0 Å². The molecule has 5 nitrogen and oxygen atoms in total. The highest BCUT2D eigenvalue weighted by molar-refractivity contribution is 9.10. The molecule has 1 aromatic rings. The number of methoxy groups -OCH3 is 1. The molecular formula is C21H26BrNO4S. The lowest BCUT2D eigenvalue weighted by atomic mass is 9.64. The number of carbonyl (C=O) groups excluding carboxylic acids is 3. The Balaban J connectivity index is 1.75. The first-order chi connectivity index (χ1) is 13.1. The smallest absolute Gasteiger partial charge is 0.341 e. The number of Topliss-reactive ketones (excluding diaryl/α,β-unsaturated/α-hetero) is 1. The summed E-state index contributed by atoms with van der Waals surface area (Å²) < 4.78 is 5.02. The van der Waals surface area contributed by atoms with Crippen LogP contribution in [0.4, 0.5) is 5.00 Å². The van der Waals surface area contributed by atoms with Crippen LogP contribution in [0.3, 0.4) is 0 Å². The van der Waals surface area contributed by atoms with Gasteiger partial charge in [0.2, 0.25) is 5.91 Å². The Labute approximate surface area is 177 Å². The highest BCUT2D eigenvalue weighted by atomic mass is 79.9. The molecule has 3 atom stereocenters. The number of ketones is 1. The number of nitrogens with one attached hydrogen (secondary N) is 1. The van der Waals surface area contributed by atoms with Gasteiger partial charge >= 0.3 is 5.97 Å². The third kappa shape index (κ3) is 2.26. The van der Waals surface area contributed by atoms with E-state index in [9.17, 15) is 14.4 Å². The highest BCUT2D eigenvalue weighted by Crippen LogP contribution is 2.72. The Morgan fingerprint density at radius 3 is 2.46 bits per heavy atom. The summed E-state index contributed by atoms with van der Waals surface area (Å²) in [7, 11) is 1.37. The van der Waals surface area contributed by atoms with E-state index in [4.69, 9.17) is 4.74 Å². The van der Waals surface area contributed by atoms with Crippen molar-refractivity contribution in [1.29, 1.82) is 0 Å². The largest absolute Gasteiger partial charge is 0.465 e. The summed E-state index contributed by atoms with van der Waals surface area (Å²) in [6, 6.07) is 0. The van der Waals surface area contributed by atoms with Gasteiger partial charge in [0, 0.05) is 10.3 Å². The SMILES string of the molecule is COC(=O)c1c(NC(=O)C23CCC(C)(C(=O)C2Br)C3(C)C)sc2c1CCCC2. The van der Waals surface area contributed by atoms with Crippen LogP contribution in [0.15, 0.2) is 0 Å². The minimum atomic E-state index is -0.823. The van der Waals surface area contributed by atoms with Crippen molar-refractivity contribution in [2.75, 3.05) is 12.4 Å². The maximum Gasteiger partial charge on any atom is 0.341 e. The zero-order chi connectivity index (χ0) is 20.5. The second kappa shape index (κ2) is 6.39. The van der Waals surface area contributed by atoms with E-state index >= 15 is 0 Å². The third-order valence-electron chi connectivity index (χ3n) is 7.91. The Morgan fingerprint density at radius 1 is 1.18 bits per heavy atom. The van der Waals surface area contributed by atoms with E-state index in [-0.39, 0.29) is 11.7 Å². The average Bonchev–Trinajstić information content (AvgIpc) is 3.16. The molecule has 0 radical (unpaired) electrons. The fourth-order valence-electron chi connectivity index (χ4n) is 5.64. The van der Waals surface area contributed by atoms with Crippen LogP contribution in [0, 0.1) is 16.2 Å². The van der Waals surface area contributed by atoms with E-state index in [1.165, 1.54) is 18.4 Å². The number of anilines is 1. The molecular weight excluding hydrogens is 442 g/mol. The number of aryl methyl sites for hydroxylation is 1. The maximum atomic E-state index is 13.6. The summed E-state index contributed by atoms with van der Waals surface area (Å²) in [5.74, 6) is -0.462. The molecule has 0 spiro atoms. The molecule has 7 heteroatoms. The molecule has 1 N–H and O–H groups in total. The molecule has 3 unspecified atom stereocenters. The summed E-state index contributed by atoms with van der Waals surface area (Å²) in [4.78, 5) is 39.7. The molecule has 2 fully saturated rings. The highest BCUT2D eigenvalue weighted by Gasteiger charge is 2.76. The zero-order valence-electron chi connectivity index (χ0n) is 16.7. The van der Waals surface area contributed by atoms with Gasteiger partial charge in [0.15, 0.2) is 5.78 Å². The molecule has 2 saturated carbocycles. The monoisotopic (exact) mass is 467 g/mol. The molecule has 1 amide bonds. The van der Waals surface area contributed by atoms with Gasteiger partial charge in [0.25, 0.3) is 0 Å². The summed E-state index contributed by atoms with van der Waals surface area (Å²) in [6.07, 6.45) is 5.25. The lowest BCUT2D eigenvalue weighted by Gasteiger charge is -2.39. The van der Waals surface area contributed by atoms with Gasteiger partial charge in [0.1, 0.15) is 5.00 Å². The Morgan fingerprint density at radius 2 is 1.86 bits per heavy atom. The van der Waals surface area contributed by atoms with Crippen molar-refractivity contribution in [3.05, 3.63) is 16.0 Å². The third-order valence-corrected chi connectivity index (χ3v) is 10.3. The van der Waals surface area contributed by atoms with Crippen LogP contribution in [0.2, 0.25) is 0 Å². The molecule has 3 aliphatic carbocycles. The van der Waals surface area contributed by atoms with Crippen LogP contribution < -0.4 is 5.32 Å². The van der Waals surface area contributed by atoms with Crippen LogP contribution in [-0.2, 0) is 27.2 Å². The van der Waals surface area contributed by atoms with Crippen molar-refractivity contribution in [3.8, 4) is 0 Å². The van der Waals surface area contributed by atoms with Crippen LogP contribution in [0.5, 0.6) is 0 Å². The summed E-state index contributed by atoms with van der Waals surface area (Å²) in [5, 5.41) is 3.63. The van der Waals surface area contributed by atoms with Crippen molar-refractivity contribution in [1.82, 2.24) is 0 Å². The van der Waals surface area contributed by atoms with Crippen LogP contribution in [0.1, 0.15) is 67.3 Å². The Hall–Kier alpha value is -1.21. The van der Waals surface area contributed by atoms with Crippen molar-refractivity contribution in [2.24, 2.45) is 16.2 Å². The number of esters is 1. The lowest BCUT2D eigenvalue weighted by molar-refractivity contribution is -0.130. The first kappa shape index (κ1) is 20.1. The van der Waals surface area contributed by atoms with Crippen molar-refractivity contribution in [2.45, 2.75) is 64.1 Å². The molecule has 0 aromatic carbocycles. The summed E-state index contributed by atoms with van der Waals surface area (Å²) in [5.41, 5.74) is -0.294. The van der Waals surface area contributed by atoms with Gasteiger partial charge in [-0.1, -0.05) is 36.7 Å². The van der Waals surface area contributed by atoms with E-state index in [0.717, 1.165) is 36.1 Å². The van der Waals surface area contributed by atoms with Gasteiger partial charge in [-0.15, -0.1) is 11.3 Å². The molecule has 1 aromatic heterocycles. The number of rotatable bonds is 3. The number of thiophene rings is 1. The normalized spacial score (nSPS) is 32.9. The molecule has 3 aliphatic rings. The quantitative estimate of drug-likeness (QED) is 0.524. The van der Waals surface area contributed by atoms with Gasteiger partial charge in [-0.3, -0.25) is 9.59 Å². The van der Waals surface area contributed by atoms with Crippen LogP contribution in [0.25, 0.3) is 0 Å². The van der Waals surface area contributed by atoms with Crippen molar-refractivity contribution in [3.63, 3.8) is 0 Å². The van der Waals surface area contributed by atoms with E-state index in [1.54, 1.807) is 0 Å². The van der Waals surface area contributed by atoms with Gasteiger partial charge in [-0.05, 0) is 49.5 Å². The summed E-state index contributed by atoms with van der Waals surface area (Å²) in [6.45, 7) is 6.04. The number of ether oxygens (including phenoxy) is 1. The minimum Gasteiger partial charge on any atom is -0.465 e. The standard InChI is InChI=1S/C21H26BrNO4S/c1-19(2)20(3)9-10-21(19,14(22)15(20)24)18(26)23-16-13(17(25)27-4)11-7-5-6-8-12(11)28-16/h14H,5-10H2,1-4H3,(H,23,26). The van der Waals surface area contributed by atoms with E-state index in [1.807, 2.05) is 20.8 Å². The zero-order valence-corrected chi connectivity index (χ0v) is 19.1. The predicted octanol–water partition coefficient (Wildman–Crippen LogP) is 4.51. The Kier molecular flexibility index (Phi) is 4.58. The molecule has 28 heavy (non-hydrogen) atoms. The maximum absolute atomic E-state index is 13.6. The first-order valence-corrected chi connectivity index (χ1v) is 11.6. The molecule has 152 valence electrons. The molecule has 2 bridgehead atoms. The van der Waals surface area contributed by atoms with E-state index in [2.05, 4.69) is 21.2 Å². The summed E-state index contributed by atoms with van der Waals surface area (Å²) >= 11 is 5.05. The van der Waals surface area contributed by atoms with Crippen molar-refractivity contribution >= 4 is 49.9 Å². The Bertz CT molecular complexity index is 891. The fraction of sp³-hybridized carbons (Fsp3) is 0.667. The predicted molar refractivity (Wildman–Crippen MR) is 112 cm³/mol. The van der Waals surface area contributed by atoms with Gasteiger partial charge in [-0.25, -0.2) is 4.79 Å². The number of amides is 1. The fourth-order valence-corrected chi connectivity index (χ4v) is 8.43.